The fraction of sp³-hybridized carbons (Fsp3) is 0.188. The first kappa shape index (κ1) is 18.0. The van der Waals surface area contributed by atoms with Crippen molar-refractivity contribution in [3.05, 3.63) is 63.9 Å². The molecule has 0 radical (unpaired) electrons. The van der Waals surface area contributed by atoms with Crippen molar-refractivity contribution in [3.63, 3.8) is 0 Å². The van der Waals surface area contributed by atoms with E-state index in [4.69, 9.17) is 33.0 Å². The van der Waals surface area contributed by atoms with E-state index in [1.165, 1.54) is 12.1 Å². The van der Waals surface area contributed by atoms with E-state index in [0.29, 0.717) is 5.56 Å². The van der Waals surface area contributed by atoms with Crippen LogP contribution < -0.4 is 5.32 Å². The van der Waals surface area contributed by atoms with Crippen LogP contribution in [0.5, 0.6) is 0 Å². The molecule has 0 bridgehead atoms. The van der Waals surface area contributed by atoms with E-state index in [1.54, 1.807) is 0 Å². The van der Waals surface area contributed by atoms with Gasteiger partial charge in [-0.05, 0) is 11.6 Å². The monoisotopic (exact) mass is 368 g/mol. The first-order valence-electron chi connectivity index (χ1n) is 6.96. The minimum Gasteiger partial charge on any atom is -0.481 e. The van der Waals surface area contributed by atoms with Crippen LogP contribution in [-0.4, -0.2) is 22.2 Å². The minimum atomic E-state index is -1.10. The Morgan fingerprint density at radius 3 is 2.50 bits per heavy atom. The maximum atomic E-state index is 11.9. The molecule has 0 spiro atoms. The lowest BCUT2D eigenvalue weighted by Gasteiger charge is -2.18. The highest BCUT2D eigenvalue weighted by Crippen LogP contribution is 2.25. The van der Waals surface area contributed by atoms with Gasteiger partial charge in [-0.1, -0.05) is 59.6 Å². The number of hydrogen-bond acceptors (Lipinski definition) is 4. The Kier molecular flexibility index (Phi) is 6.40. The number of carbonyl (C=O) groups is 2. The molecule has 126 valence electrons. The molecule has 1 amide bonds. The van der Waals surface area contributed by atoms with Gasteiger partial charge in [0.05, 0.1) is 12.5 Å². The molecule has 2 N–H and O–H groups in total. The number of rotatable bonds is 6. The molecule has 0 aliphatic heterocycles. The molecule has 1 aromatic carbocycles. The standard InChI is InChI=1S/C16H14Cl2N2O4/c17-13-7-6-11(15(18)20-13)12(8-14(21)22)19-16(23)24-9-10-4-2-1-3-5-10/h1-7,12H,8-9H2,(H,19,23)(H,21,22)/t12-/m0/s1. The van der Waals surface area contributed by atoms with Crippen molar-refractivity contribution in [2.24, 2.45) is 0 Å². The van der Waals surface area contributed by atoms with Crippen LogP contribution in [0.4, 0.5) is 4.79 Å². The Morgan fingerprint density at radius 2 is 1.88 bits per heavy atom. The van der Waals surface area contributed by atoms with Crippen molar-refractivity contribution in [2.45, 2.75) is 19.1 Å². The Bertz CT molecular complexity index is 725. The summed E-state index contributed by atoms with van der Waals surface area (Å²) >= 11 is 11.7. The number of alkyl carbamates (subject to hydrolysis) is 1. The molecule has 1 aromatic heterocycles. The van der Waals surface area contributed by atoms with Gasteiger partial charge in [0.2, 0.25) is 0 Å². The van der Waals surface area contributed by atoms with E-state index in [9.17, 15) is 9.59 Å². The van der Waals surface area contributed by atoms with E-state index < -0.39 is 18.1 Å². The molecule has 8 heteroatoms. The molecular formula is C16H14Cl2N2O4. The van der Waals surface area contributed by atoms with Crippen LogP contribution in [0, 0.1) is 0 Å². The summed E-state index contributed by atoms with van der Waals surface area (Å²) in [4.78, 5) is 26.8. The number of nitrogens with zero attached hydrogens (tertiary/aromatic N) is 1. The van der Waals surface area contributed by atoms with Gasteiger partial charge in [0.1, 0.15) is 16.9 Å². The summed E-state index contributed by atoms with van der Waals surface area (Å²) in [6, 6.07) is 11.2. The highest BCUT2D eigenvalue weighted by Gasteiger charge is 2.22. The first-order valence-corrected chi connectivity index (χ1v) is 7.72. The zero-order valence-corrected chi connectivity index (χ0v) is 13.9. The third kappa shape index (κ3) is 5.40. The van der Waals surface area contributed by atoms with E-state index in [2.05, 4.69) is 10.3 Å². The fourth-order valence-electron chi connectivity index (χ4n) is 2.00. The second-order valence-electron chi connectivity index (χ2n) is 4.87. The van der Waals surface area contributed by atoms with E-state index in [-0.39, 0.29) is 23.3 Å². The SMILES string of the molecule is O=C(O)C[C@H](NC(=O)OCc1ccccc1)c1ccc(Cl)nc1Cl. The molecule has 0 unspecified atom stereocenters. The second kappa shape index (κ2) is 8.52. The van der Waals surface area contributed by atoms with Gasteiger partial charge in [0.25, 0.3) is 0 Å². The topological polar surface area (TPSA) is 88.5 Å². The Labute approximate surface area is 148 Å². The van der Waals surface area contributed by atoms with E-state index in [0.717, 1.165) is 5.56 Å². The largest absolute Gasteiger partial charge is 0.481 e. The number of pyridine rings is 1. The molecule has 0 saturated heterocycles. The quantitative estimate of drug-likeness (QED) is 0.756. The number of benzene rings is 1. The number of aliphatic carboxylic acids is 1. The molecular weight excluding hydrogens is 355 g/mol. The van der Waals surface area contributed by atoms with Crippen LogP contribution in [0.1, 0.15) is 23.6 Å². The number of carboxylic acids is 1. The van der Waals surface area contributed by atoms with Crippen molar-refractivity contribution in [2.75, 3.05) is 0 Å². The van der Waals surface area contributed by atoms with Gasteiger partial charge in [-0.15, -0.1) is 0 Å². The predicted molar refractivity (Wildman–Crippen MR) is 89.0 cm³/mol. The smallest absolute Gasteiger partial charge is 0.407 e. The molecule has 24 heavy (non-hydrogen) atoms. The molecule has 6 nitrogen and oxygen atoms in total. The Balaban J connectivity index is 2.05. The number of carbonyl (C=O) groups excluding carboxylic acids is 1. The van der Waals surface area contributed by atoms with Crippen molar-refractivity contribution in [1.29, 1.82) is 0 Å². The highest BCUT2D eigenvalue weighted by molar-refractivity contribution is 6.32. The number of carboxylic acid groups (broad SMARTS) is 1. The summed E-state index contributed by atoms with van der Waals surface area (Å²) < 4.78 is 5.09. The van der Waals surface area contributed by atoms with Crippen LogP contribution in [0.25, 0.3) is 0 Å². The number of ether oxygens (including phenoxy) is 1. The number of aromatic nitrogens is 1. The lowest BCUT2D eigenvalue weighted by atomic mass is 10.1. The average molecular weight is 369 g/mol. The van der Waals surface area contributed by atoms with Gasteiger partial charge in [0, 0.05) is 5.56 Å². The number of halogens is 2. The number of amides is 1. The normalized spacial score (nSPS) is 11.6. The second-order valence-corrected chi connectivity index (χ2v) is 5.62. The molecule has 0 aliphatic rings. The Morgan fingerprint density at radius 1 is 1.17 bits per heavy atom. The predicted octanol–water partition coefficient (Wildman–Crippen LogP) is 3.83. The molecule has 1 atom stereocenters. The first-order chi connectivity index (χ1) is 11.5. The summed E-state index contributed by atoms with van der Waals surface area (Å²) in [7, 11) is 0. The van der Waals surface area contributed by atoms with E-state index in [1.807, 2.05) is 30.3 Å². The highest BCUT2D eigenvalue weighted by atomic mass is 35.5. The van der Waals surface area contributed by atoms with Crippen LogP contribution >= 0.6 is 23.2 Å². The summed E-state index contributed by atoms with van der Waals surface area (Å²) in [6.45, 7) is 0.0685. The molecule has 0 saturated carbocycles. The zero-order chi connectivity index (χ0) is 17.5. The number of hydrogen-bond donors (Lipinski definition) is 2. The zero-order valence-electron chi connectivity index (χ0n) is 12.4. The maximum Gasteiger partial charge on any atom is 0.407 e. The summed E-state index contributed by atoms with van der Waals surface area (Å²) in [6.07, 6.45) is -1.13. The average Bonchev–Trinajstić information content (AvgIpc) is 2.53. The third-order valence-corrected chi connectivity index (χ3v) is 3.62. The van der Waals surface area contributed by atoms with E-state index >= 15 is 0 Å². The lowest BCUT2D eigenvalue weighted by molar-refractivity contribution is -0.137. The van der Waals surface area contributed by atoms with Gasteiger partial charge in [-0.2, -0.15) is 0 Å². The van der Waals surface area contributed by atoms with Crippen molar-refractivity contribution >= 4 is 35.3 Å². The molecule has 1 heterocycles. The maximum absolute atomic E-state index is 11.9. The van der Waals surface area contributed by atoms with Crippen molar-refractivity contribution in [3.8, 4) is 0 Å². The summed E-state index contributed by atoms with van der Waals surface area (Å²) in [5, 5.41) is 11.7. The summed E-state index contributed by atoms with van der Waals surface area (Å²) in [5.74, 6) is -1.10. The number of nitrogens with one attached hydrogen (secondary N) is 1. The summed E-state index contributed by atoms with van der Waals surface area (Å²) in [5.41, 5.74) is 1.16. The molecule has 2 rings (SSSR count). The molecule has 0 fully saturated rings. The lowest BCUT2D eigenvalue weighted by Crippen LogP contribution is -2.31. The van der Waals surface area contributed by atoms with Gasteiger partial charge < -0.3 is 15.2 Å². The Hall–Kier alpha value is -2.31. The van der Waals surface area contributed by atoms with Crippen LogP contribution in [-0.2, 0) is 16.1 Å². The fourth-order valence-corrected chi connectivity index (χ4v) is 2.48. The van der Waals surface area contributed by atoms with Crippen LogP contribution in [0.2, 0.25) is 10.3 Å². The van der Waals surface area contributed by atoms with Crippen molar-refractivity contribution < 1.29 is 19.4 Å². The van der Waals surface area contributed by atoms with Crippen molar-refractivity contribution in [1.82, 2.24) is 10.3 Å². The molecule has 2 aromatic rings. The third-order valence-electron chi connectivity index (χ3n) is 3.10. The minimum absolute atomic E-state index is 0.0251. The van der Waals surface area contributed by atoms with Crippen LogP contribution in [0.3, 0.4) is 0 Å². The molecule has 0 aliphatic carbocycles. The van der Waals surface area contributed by atoms with Crippen LogP contribution in [0.15, 0.2) is 42.5 Å². The van der Waals surface area contributed by atoms with Gasteiger partial charge >= 0.3 is 12.1 Å². The van der Waals surface area contributed by atoms with Gasteiger partial charge in [-0.3, -0.25) is 4.79 Å². The van der Waals surface area contributed by atoms with Gasteiger partial charge in [-0.25, -0.2) is 9.78 Å². The van der Waals surface area contributed by atoms with Gasteiger partial charge in [0.15, 0.2) is 0 Å².